The number of rotatable bonds is 2. The quantitative estimate of drug-likeness (QED) is 0.732. The smallest absolute Gasteiger partial charge is 0.256 e. The van der Waals surface area contributed by atoms with E-state index in [9.17, 15) is 9.59 Å². The van der Waals surface area contributed by atoms with Gasteiger partial charge in [0.25, 0.3) is 5.56 Å². The average Bonchev–Trinajstić information content (AvgIpc) is 2.48. The van der Waals surface area contributed by atoms with Crippen molar-refractivity contribution in [2.24, 2.45) is 0 Å². The molecule has 0 saturated heterocycles. The predicted molar refractivity (Wildman–Crippen MR) is 84.5 cm³/mol. The molecule has 106 valence electrons. The second-order valence-corrected chi connectivity index (χ2v) is 5.34. The number of aromatic amines is 1. The Morgan fingerprint density at radius 1 is 1.05 bits per heavy atom. The molecule has 1 aromatic heterocycles. The highest BCUT2D eigenvalue weighted by atomic mass is 16.2. The molecule has 0 aliphatic heterocycles. The first-order valence-electron chi connectivity index (χ1n) is 6.80. The number of aromatic nitrogens is 1. The topological polar surface area (TPSA) is 53.2 Å². The second kappa shape index (κ2) is 5.05. The van der Waals surface area contributed by atoms with Crippen molar-refractivity contribution >= 4 is 27.6 Å². The molecule has 0 unspecified atom stereocenters. The van der Waals surface area contributed by atoms with Crippen LogP contribution in [0.25, 0.3) is 21.7 Å². The summed E-state index contributed by atoms with van der Waals surface area (Å²) < 4.78 is 0. The maximum absolute atomic E-state index is 12.0. The van der Waals surface area contributed by atoms with E-state index in [0.29, 0.717) is 11.8 Å². The lowest BCUT2D eigenvalue weighted by atomic mass is 10.0. The molecule has 0 aliphatic carbocycles. The summed E-state index contributed by atoms with van der Waals surface area (Å²) in [6, 6.07) is 13.2. The van der Waals surface area contributed by atoms with E-state index in [0.717, 1.165) is 21.9 Å². The predicted octanol–water partition coefficient (Wildman–Crippen LogP) is 2.31. The Kier molecular flexibility index (Phi) is 3.22. The number of carbonyl (C=O) groups is 1. The number of pyridine rings is 1. The minimum absolute atomic E-state index is 0.0584. The third kappa shape index (κ3) is 2.40. The summed E-state index contributed by atoms with van der Waals surface area (Å²) in [5.74, 6) is 0.0584. The van der Waals surface area contributed by atoms with Crippen molar-refractivity contribution in [2.75, 3.05) is 14.1 Å². The van der Waals surface area contributed by atoms with Crippen molar-refractivity contribution < 1.29 is 4.79 Å². The highest BCUT2D eigenvalue weighted by molar-refractivity contribution is 6.05. The van der Waals surface area contributed by atoms with Crippen LogP contribution in [-0.4, -0.2) is 29.9 Å². The molecule has 1 amide bonds. The van der Waals surface area contributed by atoms with E-state index in [4.69, 9.17) is 0 Å². The highest BCUT2D eigenvalue weighted by Gasteiger charge is 2.09. The molecule has 0 radical (unpaired) electrons. The van der Waals surface area contributed by atoms with Crippen LogP contribution in [-0.2, 0) is 11.2 Å². The van der Waals surface area contributed by atoms with Crippen LogP contribution in [0.2, 0.25) is 0 Å². The second-order valence-electron chi connectivity index (χ2n) is 5.34. The van der Waals surface area contributed by atoms with Crippen LogP contribution >= 0.6 is 0 Å². The van der Waals surface area contributed by atoms with Gasteiger partial charge in [0.2, 0.25) is 5.91 Å². The molecule has 4 nitrogen and oxygen atoms in total. The molecule has 0 fully saturated rings. The molecule has 3 aromatic rings. The zero-order valence-electron chi connectivity index (χ0n) is 12.0. The Morgan fingerprint density at radius 2 is 1.76 bits per heavy atom. The van der Waals surface area contributed by atoms with Crippen LogP contribution in [0.5, 0.6) is 0 Å². The maximum Gasteiger partial charge on any atom is 0.256 e. The number of nitrogens with zero attached hydrogens (tertiary/aromatic N) is 1. The monoisotopic (exact) mass is 280 g/mol. The number of hydrogen-bond donors (Lipinski definition) is 1. The number of amides is 1. The van der Waals surface area contributed by atoms with Gasteiger partial charge in [-0.15, -0.1) is 0 Å². The van der Waals surface area contributed by atoms with Gasteiger partial charge >= 0.3 is 0 Å². The van der Waals surface area contributed by atoms with Gasteiger partial charge in [0.1, 0.15) is 0 Å². The third-order valence-corrected chi connectivity index (χ3v) is 3.65. The first kappa shape index (κ1) is 13.4. The molecule has 0 spiro atoms. The summed E-state index contributed by atoms with van der Waals surface area (Å²) in [6.45, 7) is 0. The fourth-order valence-electron chi connectivity index (χ4n) is 2.47. The van der Waals surface area contributed by atoms with Crippen LogP contribution in [0.15, 0.2) is 47.3 Å². The van der Waals surface area contributed by atoms with E-state index in [1.54, 1.807) is 19.0 Å². The number of fused-ring (bicyclic) bond motifs is 3. The Bertz CT molecular complexity index is 894. The number of likely N-dealkylation sites (N-methyl/N-ethyl adjacent to an activating group) is 1. The van der Waals surface area contributed by atoms with Gasteiger partial charge in [0.05, 0.1) is 6.42 Å². The highest BCUT2D eigenvalue weighted by Crippen LogP contribution is 2.22. The van der Waals surface area contributed by atoms with Crippen LogP contribution in [0, 0.1) is 0 Å². The molecule has 0 saturated carbocycles. The molecule has 4 heteroatoms. The zero-order chi connectivity index (χ0) is 15.0. The molecule has 0 atom stereocenters. The summed E-state index contributed by atoms with van der Waals surface area (Å²) >= 11 is 0. The van der Waals surface area contributed by atoms with E-state index in [1.165, 1.54) is 0 Å². The Hall–Kier alpha value is -2.62. The van der Waals surface area contributed by atoms with Gasteiger partial charge in [-0.05, 0) is 29.1 Å². The van der Waals surface area contributed by atoms with Crippen LogP contribution in [0.3, 0.4) is 0 Å². The lowest BCUT2D eigenvalue weighted by Crippen LogP contribution is -2.23. The molecule has 0 aliphatic rings. The van der Waals surface area contributed by atoms with Gasteiger partial charge in [0.15, 0.2) is 0 Å². The fraction of sp³-hybridized carbons (Fsp3) is 0.176. The average molecular weight is 280 g/mol. The normalized spacial score (nSPS) is 11.0. The summed E-state index contributed by atoms with van der Waals surface area (Å²) in [5.41, 5.74) is 1.65. The zero-order valence-corrected chi connectivity index (χ0v) is 12.0. The Labute approximate surface area is 122 Å². The van der Waals surface area contributed by atoms with Crippen molar-refractivity contribution in [3.05, 3.63) is 58.4 Å². The SMILES string of the molecule is CN(C)C(=O)Cc1ccc2[nH]c(=O)c3ccccc3c2c1. The molecule has 0 bridgehead atoms. The van der Waals surface area contributed by atoms with Crippen molar-refractivity contribution in [1.29, 1.82) is 0 Å². The molecule has 2 aromatic carbocycles. The van der Waals surface area contributed by atoms with Crippen LogP contribution in [0.1, 0.15) is 5.56 Å². The lowest BCUT2D eigenvalue weighted by molar-refractivity contribution is -0.127. The Morgan fingerprint density at radius 3 is 2.48 bits per heavy atom. The summed E-state index contributed by atoms with van der Waals surface area (Å²) in [5, 5.41) is 2.55. The molecule has 1 heterocycles. The first-order chi connectivity index (χ1) is 10.1. The third-order valence-electron chi connectivity index (χ3n) is 3.65. The Balaban J connectivity index is 2.21. The van der Waals surface area contributed by atoms with Gasteiger partial charge in [0, 0.05) is 30.4 Å². The van der Waals surface area contributed by atoms with E-state index in [2.05, 4.69) is 4.98 Å². The van der Waals surface area contributed by atoms with Gasteiger partial charge in [-0.1, -0.05) is 24.3 Å². The lowest BCUT2D eigenvalue weighted by Gasteiger charge is -2.11. The van der Waals surface area contributed by atoms with Crippen molar-refractivity contribution in [1.82, 2.24) is 9.88 Å². The molecular weight excluding hydrogens is 264 g/mol. The minimum atomic E-state index is -0.0878. The first-order valence-corrected chi connectivity index (χ1v) is 6.80. The van der Waals surface area contributed by atoms with Crippen molar-refractivity contribution in [3.8, 4) is 0 Å². The standard InChI is InChI=1S/C17H16N2O2/c1-19(2)16(20)10-11-7-8-15-14(9-11)12-5-3-4-6-13(12)17(21)18-15/h3-9H,10H2,1-2H3,(H,18,21). The molecule has 3 rings (SSSR count). The molecule has 1 N–H and O–H groups in total. The van der Waals surface area contributed by atoms with Gasteiger partial charge in [-0.2, -0.15) is 0 Å². The summed E-state index contributed by atoms with van der Waals surface area (Å²) in [7, 11) is 3.49. The van der Waals surface area contributed by atoms with E-state index >= 15 is 0 Å². The largest absolute Gasteiger partial charge is 0.349 e. The number of nitrogens with one attached hydrogen (secondary N) is 1. The minimum Gasteiger partial charge on any atom is -0.349 e. The number of benzene rings is 2. The molecular formula is C17H16N2O2. The molecule has 21 heavy (non-hydrogen) atoms. The van der Waals surface area contributed by atoms with Crippen molar-refractivity contribution in [2.45, 2.75) is 6.42 Å². The van der Waals surface area contributed by atoms with Gasteiger partial charge < -0.3 is 9.88 Å². The fourth-order valence-corrected chi connectivity index (χ4v) is 2.47. The summed E-state index contributed by atoms with van der Waals surface area (Å²) in [4.78, 5) is 28.3. The van der Waals surface area contributed by atoms with E-state index in [1.807, 2.05) is 42.5 Å². The number of carbonyl (C=O) groups excluding carboxylic acids is 1. The van der Waals surface area contributed by atoms with E-state index in [-0.39, 0.29) is 11.5 Å². The van der Waals surface area contributed by atoms with Gasteiger partial charge in [-0.25, -0.2) is 0 Å². The number of H-pyrrole nitrogens is 1. The van der Waals surface area contributed by atoms with Crippen molar-refractivity contribution in [3.63, 3.8) is 0 Å². The number of hydrogen-bond acceptors (Lipinski definition) is 2. The maximum atomic E-state index is 12.0. The van der Waals surface area contributed by atoms with Gasteiger partial charge in [-0.3, -0.25) is 9.59 Å². The van der Waals surface area contributed by atoms with Crippen LogP contribution < -0.4 is 5.56 Å². The van der Waals surface area contributed by atoms with Crippen LogP contribution in [0.4, 0.5) is 0 Å². The van der Waals surface area contributed by atoms with E-state index < -0.39 is 0 Å². The summed E-state index contributed by atoms with van der Waals surface area (Å²) in [6.07, 6.45) is 0.358.